The molecule has 3 saturated heterocycles. The van der Waals surface area contributed by atoms with Gasteiger partial charge >= 0.3 is 11.8 Å². The lowest BCUT2D eigenvalue weighted by atomic mass is 9.89. The highest BCUT2D eigenvalue weighted by Crippen LogP contribution is 2.33. The average molecular weight is 395 g/mol. The highest BCUT2D eigenvalue weighted by atomic mass is 16.2. The molecule has 5 rings (SSSR count). The fourth-order valence-electron chi connectivity index (χ4n) is 5.17. The van der Waals surface area contributed by atoms with E-state index in [2.05, 4.69) is 21.4 Å². The van der Waals surface area contributed by atoms with E-state index in [-0.39, 0.29) is 18.0 Å². The first kappa shape index (κ1) is 18.1. The monoisotopic (exact) mass is 395 g/mol. The van der Waals surface area contributed by atoms with Gasteiger partial charge in [0.25, 0.3) is 0 Å². The molecule has 8 nitrogen and oxygen atoms in total. The van der Waals surface area contributed by atoms with Crippen molar-refractivity contribution in [1.29, 1.82) is 0 Å². The fraction of sp³-hybridized carbons (Fsp3) is 0.524. The molecule has 3 amide bonds. The summed E-state index contributed by atoms with van der Waals surface area (Å²) in [5, 5.41) is 3.98. The lowest BCUT2D eigenvalue weighted by Crippen LogP contribution is -2.52. The van der Waals surface area contributed by atoms with Gasteiger partial charge in [0.15, 0.2) is 0 Å². The van der Waals surface area contributed by atoms with E-state index in [1.165, 1.54) is 5.56 Å². The van der Waals surface area contributed by atoms with Crippen LogP contribution < -0.4 is 5.32 Å². The third-order valence-corrected chi connectivity index (χ3v) is 6.70. The molecular weight excluding hydrogens is 370 g/mol. The first-order valence-electron chi connectivity index (χ1n) is 10.4. The summed E-state index contributed by atoms with van der Waals surface area (Å²) in [5.74, 6) is -0.543. The van der Waals surface area contributed by atoms with Crippen molar-refractivity contribution in [2.45, 2.75) is 50.1 Å². The van der Waals surface area contributed by atoms with Gasteiger partial charge in [0, 0.05) is 55.9 Å². The third-order valence-electron chi connectivity index (χ3n) is 6.70. The second-order valence-corrected chi connectivity index (χ2v) is 8.32. The van der Waals surface area contributed by atoms with Crippen LogP contribution in [0.4, 0.5) is 0 Å². The minimum absolute atomic E-state index is 0.0310. The number of rotatable bonds is 1. The van der Waals surface area contributed by atoms with Crippen LogP contribution in [-0.4, -0.2) is 69.2 Å². The van der Waals surface area contributed by atoms with E-state index in [0.717, 1.165) is 36.7 Å². The van der Waals surface area contributed by atoms with E-state index < -0.39 is 11.8 Å². The molecule has 3 fully saturated rings. The van der Waals surface area contributed by atoms with Crippen molar-refractivity contribution in [1.82, 2.24) is 25.1 Å². The van der Waals surface area contributed by atoms with Crippen LogP contribution in [0.5, 0.6) is 0 Å². The zero-order valence-corrected chi connectivity index (χ0v) is 16.3. The number of likely N-dealkylation sites (tertiary alicyclic amines) is 1. The standard InChI is InChI=1S/C21H25N5O3/c27-18-10-14-3-4-15(11-23-18)26(14)21(29)20(28)25-8-5-13(6-9-25)17-12-24-19-16(17)2-1-7-22-19/h1-2,7,12-15H,3-6,8-11H2,(H,22,24)(H,23,27). The van der Waals surface area contributed by atoms with Crippen LogP contribution in [0.2, 0.25) is 0 Å². The van der Waals surface area contributed by atoms with Crippen LogP contribution in [-0.2, 0) is 14.4 Å². The number of aromatic nitrogens is 2. The third kappa shape index (κ3) is 3.16. The SMILES string of the molecule is O=C1CC2CCC(CN1)N2C(=O)C(=O)N1CCC(c2c[nH]c3ncccc23)CC1. The number of amides is 3. The Morgan fingerprint density at radius 2 is 1.86 bits per heavy atom. The van der Waals surface area contributed by atoms with E-state index >= 15 is 0 Å². The maximum atomic E-state index is 13.0. The summed E-state index contributed by atoms with van der Waals surface area (Å²) in [6, 6.07) is 3.81. The molecule has 2 atom stereocenters. The van der Waals surface area contributed by atoms with Crippen LogP contribution in [0.3, 0.4) is 0 Å². The molecule has 2 N–H and O–H groups in total. The predicted octanol–water partition coefficient (Wildman–Crippen LogP) is 1.15. The summed E-state index contributed by atoms with van der Waals surface area (Å²) in [7, 11) is 0. The van der Waals surface area contributed by atoms with Crippen molar-refractivity contribution < 1.29 is 14.4 Å². The highest BCUT2D eigenvalue weighted by molar-refractivity contribution is 6.35. The van der Waals surface area contributed by atoms with Gasteiger partial charge in [-0.3, -0.25) is 14.4 Å². The highest BCUT2D eigenvalue weighted by Gasteiger charge is 2.43. The van der Waals surface area contributed by atoms with Gasteiger partial charge in [0.2, 0.25) is 5.91 Å². The molecule has 2 aromatic rings. The van der Waals surface area contributed by atoms with Gasteiger partial charge in [0.1, 0.15) is 5.65 Å². The van der Waals surface area contributed by atoms with E-state index in [1.807, 2.05) is 12.3 Å². The van der Waals surface area contributed by atoms with Gasteiger partial charge in [-0.05, 0) is 49.3 Å². The summed E-state index contributed by atoms with van der Waals surface area (Å²) in [6.45, 7) is 1.59. The Hall–Kier alpha value is -2.90. The summed E-state index contributed by atoms with van der Waals surface area (Å²) < 4.78 is 0. The van der Waals surface area contributed by atoms with Crippen molar-refractivity contribution in [3.05, 3.63) is 30.1 Å². The second kappa shape index (κ2) is 7.17. The molecule has 0 saturated carbocycles. The number of H-pyrrole nitrogens is 1. The van der Waals surface area contributed by atoms with Crippen molar-refractivity contribution in [2.24, 2.45) is 0 Å². The van der Waals surface area contributed by atoms with Gasteiger partial charge < -0.3 is 20.1 Å². The normalized spacial score (nSPS) is 25.2. The molecule has 0 aliphatic carbocycles. The topological polar surface area (TPSA) is 98.4 Å². The number of hydrogen-bond donors (Lipinski definition) is 2. The zero-order chi connectivity index (χ0) is 20.0. The van der Waals surface area contributed by atoms with Gasteiger partial charge in [-0.15, -0.1) is 0 Å². The first-order chi connectivity index (χ1) is 14.1. The zero-order valence-electron chi connectivity index (χ0n) is 16.3. The molecule has 29 heavy (non-hydrogen) atoms. The number of piperidine rings is 1. The molecule has 0 aromatic carbocycles. The number of aromatic amines is 1. The van der Waals surface area contributed by atoms with Crippen LogP contribution in [0.1, 0.15) is 43.6 Å². The summed E-state index contributed by atoms with van der Waals surface area (Å²) >= 11 is 0. The molecule has 3 aliphatic rings. The Bertz CT molecular complexity index is 962. The summed E-state index contributed by atoms with van der Waals surface area (Å²) in [5.41, 5.74) is 2.12. The molecule has 5 heterocycles. The average Bonchev–Trinajstić information content (AvgIpc) is 3.30. The molecule has 2 aromatic heterocycles. The van der Waals surface area contributed by atoms with Crippen LogP contribution in [0.15, 0.2) is 24.5 Å². The molecular formula is C21H25N5O3. The Morgan fingerprint density at radius 3 is 2.69 bits per heavy atom. The summed E-state index contributed by atoms with van der Waals surface area (Å²) in [6.07, 6.45) is 7.39. The van der Waals surface area contributed by atoms with E-state index in [1.54, 1.807) is 16.0 Å². The number of carbonyl (C=O) groups is 3. The Morgan fingerprint density at radius 1 is 1.07 bits per heavy atom. The molecule has 0 radical (unpaired) electrons. The van der Waals surface area contributed by atoms with Gasteiger partial charge in [-0.1, -0.05) is 0 Å². The predicted molar refractivity (Wildman–Crippen MR) is 106 cm³/mol. The van der Waals surface area contributed by atoms with E-state index in [0.29, 0.717) is 32.0 Å². The number of hydrogen-bond acceptors (Lipinski definition) is 4. The molecule has 2 unspecified atom stereocenters. The molecule has 152 valence electrons. The quantitative estimate of drug-likeness (QED) is 0.708. The smallest absolute Gasteiger partial charge is 0.312 e. The van der Waals surface area contributed by atoms with Crippen LogP contribution in [0, 0.1) is 0 Å². The lowest BCUT2D eigenvalue weighted by molar-refractivity contribution is -0.154. The maximum Gasteiger partial charge on any atom is 0.312 e. The van der Waals surface area contributed by atoms with Crippen molar-refractivity contribution in [3.8, 4) is 0 Å². The number of fused-ring (bicyclic) bond motifs is 3. The second-order valence-electron chi connectivity index (χ2n) is 8.32. The maximum absolute atomic E-state index is 13.0. The molecule has 8 heteroatoms. The largest absolute Gasteiger partial charge is 0.354 e. The van der Waals surface area contributed by atoms with Crippen LogP contribution in [0.25, 0.3) is 11.0 Å². The Kier molecular flexibility index (Phi) is 4.49. The number of pyridine rings is 1. The van der Waals surface area contributed by atoms with Gasteiger partial charge in [-0.2, -0.15) is 0 Å². The first-order valence-corrected chi connectivity index (χ1v) is 10.4. The van der Waals surface area contributed by atoms with Crippen molar-refractivity contribution in [3.63, 3.8) is 0 Å². The van der Waals surface area contributed by atoms with Gasteiger partial charge in [0.05, 0.1) is 0 Å². The van der Waals surface area contributed by atoms with Crippen molar-refractivity contribution in [2.75, 3.05) is 19.6 Å². The molecule has 0 spiro atoms. The minimum atomic E-state index is -0.441. The Balaban J connectivity index is 1.25. The number of nitrogens with one attached hydrogen (secondary N) is 2. The van der Waals surface area contributed by atoms with E-state index in [4.69, 9.17) is 0 Å². The summed E-state index contributed by atoms with van der Waals surface area (Å²) in [4.78, 5) is 48.7. The van der Waals surface area contributed by atoms with Crippen LogP contribution >= 0.6 is 0 Å². The Labute approximate surface area is 168 Å². The number of carbonyl (C=O) groups excluding carboxylic acids is 3. The molecule has 2 bridgehead atoms. The number of nitrogens with zero attached hydrogens (tertiary/aromatic N) is 3. The minimum Gasteiger partial charge on any atom is -0.354 e. The van der Waals surface area contributed by atoms with Crippen molar-refractivity contribution >= 4 is 28.8 Å². The fourth-order valence-corrected chi connectivity index (χ4v) is 5.17. The van der Waals surface area contributed by atoms with Gasteiger partial charge in [-0.25, -0.2) is 4.98 Å². The van der Waals surface area contributed by atoms with E-state index in [9.17, 15) is 14.4 Å². The lowest BCUT2D eigenvalue weighted by Gasteiger charge is -2.34. The molecule has 3 aliphatic heterocycles.